The van der Waals surface area contributed by atoms with Crippen LogP contribution < -0.4 is 10.2 Å². The maximum Gasteiger partial charge on any atom is 0.408 e. The van der Waals surface area contributed by atoms with Crippen molar-refractivity contribution >= 4 is 17.7 Å². The lowest BCUT2D eigenvalue weighted by Gasteiger charge is -2.27. The van der Waals surface area contributed by atoms with Crippen LogP contribution in [-0.2, 0) is 16.0 Å². The summed E-state index contributed by atoms with van der Waals surface area (Å²) in [6, 6.07) is 16.6. The van der Waals surface area contributed by atoms with Gasteiger partial charge in [-0.2, -0.15) is 0 Å². The summed E-state index contributed by atoms with van der Waals surface area (Å²) in [5.41, 5.74) is 2.89. The van der Waals surface area contributed by atoms with E-state index in [1.165, 1.54) is 0 Å². The molecule has 2 aromatic rings. The van der Waals surface area contributed by atoms with E-state index in [9.17, 15) is 9.59 Å². The second-order valence-electron chi connectivity index (χ2n) is 6.25. The van der Waals surface area contributed by atoms with E-state index in [0.717, 1.165) is 23.2 Å². The van der Waals surface area contributed by atoms with E-state index in [0.29, 0.717) is 0 Å². The van der Waals surface area contributed by atoms with Gasteiger partial charge in [0.05, 0.1) is 0 Å². The average molecular weight is 322 g/mol. The molecule has 24 heavy (non-hydrogen) atoms. The molecule has 0 aromatic heterocycles. The Hall–Kier alpha value is -2.82. The Morgan fingerprint density at radius 3 is 2.62 bits per heavy atom. The summed E-state index contributed by atoms with van der Waals surface area (Å²) in [5.74, 6) is -0.132. The maximum atomic E-state index is 13.2. The number of nitrogens with one attached hydrogen (secondary N) is 1. The molecule has 0 aliphatic carbocycles. The van der Waals surface area contributed by atoms with Gasteiger partial charge in [0, 0.05) is 11.7 Å². The van der Waals surface area contributed by atoms with Gasteiger partial charge in [-0.3, -0.25) is 4.79 Å². The Kier molecular flexibility index (Phi) is 3.49. The van der Waals surface area contributed by atoms with Gasteiger partial charge in [0.2, 0.25) is 0 Å². The third kappa shape index (κ3) is 2.33. The molecule has 2 aliphatic rings. The Bertz CT molecular complexity index is 790. The molecule has 2 heterocycles. The second-order valence-corrected chi connectivity index (χ2v) is 6.25. The van der Waals surface area contributed by atoms with Crippen LogP contribution in [0.3, 0.4) is 0 Å². The molecule has 3 unspecified atom stereocenters. The number of hydrogen-bond donors (Lipinski definition) is 1. The number of para-hydroxylation sites is 1. The summed E-state index contributed by atoms with van der Waals surface area (Å²) in [6.45, 7) is 2.02. The molecular weight excluding hydrogens is 304 g/mol. The quantitative estimate of drug-likeness (QED) is 0.925. The molecule has 1 N–H and O–H groups in total. The fourth-order valence-electron chi connectivity index (χ4n) is 3.57. The molecule has 4 rings (SSSR count). The van der Waals surface area contributed by atoms with E-state index in [-0.39, 0.29) is 11.9 Å². The van der Waals surface area contributed by atoms with Crippen molar-refractivity contribution in [2.24, 2.45) is 0 Å². The zero-order valence-electron chi connectivity index (χ0n) is 13.3. The standard InChI is InChI=1S/C19H18N2O3/c1-12-11-14-9-5-6-10-15(14)21(12)18(22)16-17(24-19(23)20-16)13-7-3-2-4-8-13/h2-10,12,16-17H,11H2,1H3,(H,20,23). The topological polar surface area (TPSA) is 58.6 Å². The molecule has 5 heteroatoms. The zero-order valence-corrected chi connectivity index (χ0v) is 13.3. The lowest BCUT2D eigenvalue weighted by Crippen LogP contribution is -2.48. The lowest BCUT2D eigenvalue weighted by molar-refractivity contribution is -0.121. The number of hydrogen-bond acceptors (Lipinski definition) is 3. The summed E-state index contributed by atoms with van der Waals surface area (Å²) in [5, 5.41) is 2.68. The van der Waals surface area contributed by atoms with Crippen molar-refractivity contribution in [3.8, 4) is 0 Å². The Labute approximate surface area is 140 Å². The van der Waals surface area contributed by atoms with Crippen molar-refractivity contribution in [1.29, 1.82) is 0 Å². The zero-order chi connectivity index (χ0) is 16.7. The summed E-state index contributed by atoms with van der Waals surface area (Å²) < 4.78 is 5.37. The van der Waals surface area contributed by atoms with E-state index in [2.05, 4.69) is 5.32 Å². The van der Waals surface area contributed by atoms with Gasteiger partial charge in [-0.05, 0) is 30.5 Å². The van der Waals surface area contributed by atoms with Crippen LogP contribution in [0.1, 0.15) is 24.2 Å². The van der Waals surface area contributed by atoms with Gasteiger partial charge < -0.3 is 15.0 Å². The minimum atomic E-state index is -0.714. The van der Waals surface area contributed by atoms with E-state index in [1.807, 2.05) is 61.5 Å². The molecule has 2 aromatic carbocycles. The first-order valence-corrected chi connectivity index (χ1v) is 8.08. The summed E-state index contributed by atoms with van der Waals surface area (Å²) in [4.78, 5) is 26.7. The molecule has 0 bridgehead atoms. The second kappa shape index (κ2) is 5.67. The van der Waals surface area contributed by atoms with E-state index in [1.54, 1.807) is 4.90 Å². The molecule has 1 fully saturated rings. The minimum absolute atomic E-state index is 0.0591. The number of anilines is 1. The van der Waals surface area contributed by atoms with Crippen LogP contribution in [0, 0.1) is 0 Å². The predicted molar refractivity (Wildman–Crippen MR) is 89.7 cm³/mol. The number of ether oxygens (including phenoxy) is 1. The molecule has 3 atom stereocenters. The highest BCUT2D eigenvalue weighted by atomic mass is 16.6. The number of carbonyl (C=O) groups is 2. The normalized spacial score (nSPS) is 25.1. The molecule has 5 nitrogen and oxygen atoms in total. The first-order chi connectivity index (χ1) is 11.6. The fourth-order valence-corrected chi connectivity index (χ4v) is 3.57. The van der Waals surface area contributed by atoms with E-state index >= 15 is 0 Å². The summed E-state index contributed by atoms with van der Waals surface area (Å²) in [6.07, 6.45) is -0.340. The number of amides is 2. The molecule has 0 spiro atoms. The van der Waals surface area contributed by atoms with Gasteiger partial charge >= 0.3 is 6.09 Å². The van der Waals surface area contributed by atoms with Crippen LogP contribution in [0.15, 0.2) is 54.6 Å². The van der Waals surface area contributed by atoms with Crippen LogP contribution in [0.5, 0.6) is 0 Å². The molecule has 122 valence electrons. The number of fused-ring (bicyclic) bond motifs is 1. The number of benzene rings is 2. The molecular formula is C19H18N2O3. The largest absolute Gasteiger partial charge is 0.439 e. The number of cyclic esters (lactones) is 1. The summed E-state index contributed by atoms with van der Waals surface area (Å²) >= 11 is 0. The average Bonchev–Trinajstić information content (AvgIpc) is 3.14. The number of nitrogens with zero attached hydrogens (tertiary/aromatic N) is 1. The molecule has 0 radical (unpaired) electrons. The highest BCUT2D eigenvalue weighted by Crippen LogP contribution is 2.35. The predicted octanol–water partition coefficient (Wildman–Crippen LogP) is 2.81. The summed E-state index contributed by atoms with van der Waals surface area (Å²) in [7, 11) is 0. The van der Waals surface area contributed by atoms with Crippen LogP contribution in [0.2, 0.25) is 0 Å². The van der Waals surface area contributed by atoms with Gasteiger partial charge in [-0.1, -0.05) is 48.5 Å². The van der Waals surface area contributed by atoms with Crippen molar-refractivity contribution in [2.75, 3.05) is 4.90 Å². The number of alkyl carbamates (subject to hydrolysis) is 1. The third-order valence-electron chi connectivity index (χ3n) is 4.65. The van der Waals surface area contributed by atoms with Gasteiger partial charge in [0.25, 0.3) is 5.91 Å². The lowest BCUT2D eigenvalue weighted by atomic mass is 10.0. The third-order valence-corrected chi connectivity index (χ3v) is 4.65. The van der Waals surface area contributed by atoms with Crippen LogP contribution in [0.25, 0.3) is 0 Å². The van der Waals surface area contributed by atoms with Crippen molar-refractivity contribution in [2.45, 2.75) is 31.5 Å². The molecule has 2 aliphatic heterocycles. The van der Waals surface area contributed by atoms with Gasteiger partial charge in [0.1, 0.15) is 0 Å². The van der Waals surface area contributed by atoms with Gasteiger partial charge in [0.15, 0.2) is 12.1 Å². The SMILES string of the molecule is CC1Cc2ccccc2N1C(=O)C1NC(=O)OC1c1ccccc1. The molecule has 1 saturated heterocycles. The van der Waals surface area contributed by atoms with Gasteiger partial charge in [-0.15, -0.1) is 0 Å². The smallest absolute Gasteiger partial charge is 0.408 e. The van der Waals surface area contributed by atoms with E-state index in [4.69, 9.17) is 4.74 Å². The number of carbonyl (C=O) groups excluding carboxylic acids is 2. The van der Waals surface area contributed by atoms with Crippen molar-refractivity contribution in [1.82, 2.24) is 5.32 Å². The fraction of sp³-hybridized carbons (Fsp3) is 0.263. The van der Waals surface area contributed by atoms with E-state index < -0.39 is 18.2 Å². The highest BCUT2D eigenvalue weighted by molar-refractivity contribution is 6.02. The van der Waals surface area contributed by atoms with Crippen molar-refractivity contribution < 1.29 is 14.3 Å². The maximum absolute atomic E-state index is 13.2. The first-order valence-electron chi connectivity index (χ1n) is 8.08. The Balaban J connectivity index is 1.67. The van der Waals surface area contributed by atoms with Crippen molar-refractivity contribution in [3.63, 3.8) is 0 Å². The molecule has 2 amide bonds. The first kappa shape index (κ1) is 14.8. The molecule has 0 saturated carbocycles. The van der Waals surface area contributed by atoms with Crippen LogP contribution in [0.4, 0.5) is 10.5 Å². The van der Waals surface area contributed by atoms with Crippen molar-refractivity contribution in [3.05, 3.63) is 65.7 Å². The minimum Gasteiger partial charge on any atom is -0.439 e. The van der Waals surface area contributed by atoms with Crippen LogP contribution in [-0.4, -0.2) is 24.1 Å². The monoisotopic (exact) mass is 322 g/mol. The van der Waals surface area contributed by atoms with Gasteiger partial charge in [-0.25, -0.2) is 4.79 Å². The Morgan fingerprint density at radius 1 is 1.12 bits per heavy atom. The highest BCUT2D eigenvalue weighted by Gasteiger charge is 2.44. The number of rotatable bonds is 2. The van der Waals surface area contributed by atoms with Crippen LogP contribution >= 0.6 is 0 Å². The Morgan fingerprint density at radius 2 is 1.83 bits per heavy atom.